The first-order valence-electron chi connectivity index (χ1n) is 15.1. The Kier molecular flexibility index (Phi) is 9.82. The first kappa shape index (κ1) is 31.9. The molecule has 47 heavy (non-hydrogen) atoms. The van der Waals surface area contributed by atoms with Crippen LogP contribution in [-0.4, -0.2) is 21.7 Å². The molecule has 6 aromatic rings. The van der Waals surface area contributed by atoms with Crippen LogP contribution in [0.3, 0.4) is 0 Å². The van der Waals surface area contributed by atoms with Gasteiger partial charge in [0.1, 0.15) is 23.3 Å². The van der Waals surface area contributed by atoms with Crippen molar-refractivity contribution in [3.8, 4) is 47.0 Å². The second kappa shape index (κ2) is 14.5. The topological polar surface area (TPSA) is 83.7 Å². The second-order valence-corrected chi connectivity index (χ2v) is 10.6. The summed E-state index contributed by atoms with van der Waals surface area (Å²) in [6.07, 6.45) is 8.85. The third-order valence-electron chi connectivity index (χ3n) is 7.86. The molecular formula is C41H32N4O2. The standard InChI is InChI=1S/C21H18N2O2.C20H14N2/c1-3-25-21(24)16(14-22)13-18-17-11-7-8-12-19(17)23(2)20(18)15-9-5-4-6-10-15;1-3-15(14-21)13-18-17-11-7-8-12-19(17)22(2)20(18)16-9-5-4-6-10-16/h4-13H,3H2,1-2H3;1,4-13H,2H3/b16-13+;15-13-. The molecule has 2 aromatic heterocycles. The zero-order valence-corrected chi connectivity index (χ0v) is 26.4. The van der Waals surface area contributed by atoms with Crippen LogP contribution in [0.5, 0.6) is 0 Å². The fourth-order valence-corrected chi connectivity index (χ4v) is 5.77. The van der Waals surface area contributed by atoms with Crippen molar-refractivity contribution in [3.63, 3.8) is 0 Å². The number of nitriles is 2. The Morgan fingerprint density at radius 1 is 0.702 bits per heavy atom. The molecule has 4 aromatic carbocycles. The Balaban J connectivity index is 0.000000186. The molecule has 0 N–H and O–H groups in total. The van der Waals surface area contributed by atoms with Crippen molar-refractivity contribution in [2.24, 2.45) is 14.1 Å². The van der Waals surface area contributed by atoms with Crippen LogP contribution in [0.2, 0.25) is 0 Å². The highest BCUT2D eigenvalue weighted by Gasteiger charge is 2.18. The highest BCUT2D eigenvalue weighted by Crippen LogP contribution is 2.36. The highest BCUT2D eigenvalue weighted by atomic mass is 16.5. The van der Waals surface area contributed by atoms with Gasteiger partial charge < -0.3 is 13.9 Å². The number of carbonyl (C=O) groups excluding carboxylic acids is 1. The molecule has 2 heterocycles. The minimum absolute atomic E-state index is 0.00427. The van der Waals surface area contributed by atoms with E-state index in [9.17, 15) is 10.1 Å². The summed E-state index contributed by atoms with van der Waals surface area (Å²) in [5, 5.41) is 20.6. The lowest BCUT2D eigenvalue weighted by Gasteiger charge is -2.07. The van der Waals surface area contributed by atoms with Gasteiger partial charge in [-0.3, -0.25) is 0 Å². The zero-order valence-electron chi connectivity index (χ0n) is 26.4. The van der Waals surface area contributed by atoms with E-state index in [4.69, 9.17) is 16.4 Å². The van der Waals surface area contributed by atoms with E-state index in [1.165, 1.54) is 0 Å². The van der Waals surface area contributed by atoms with Crippen LogP contribution >= 0.6 is 0 Å². The summed E-state index contributed by atoms with van der Waals surface area (Å²) in [7, 11) is 4.02. The van der Waals surface area contributed by atoms with Gasteiger partial charge in [0, 0.05) is 47.0 Å². The number of ether oxygens (including phenoxy) is 1. The lowest BCUT2D eigenvalue weighted by atomic mass is 10.0. The molecule has 0 aliphatic rings. The van der Waals surface area contributed by atoms with Crippen molar-refractivity contribution in [1.82, 2.24) is 9.13 Å². The second-order valence-electron chi connectivity index (χ2n) is 10.6. The van der Waals surface area contributed by atoms with Crippen LogP contribution in [-0.2, 0) is 23.6 Å². The smallest absolute Gasteiger partial charge is 0.348 e. The zero-order chi connectivity index (χ0) is 33.3. The molecule has 0 radical (unpaired) electrons. The average molecular weight is 613 g/mol. The van der Waals surface area contributed by atoms with Gasteiger partial charge in [-0.2, -0.15) is 10.5 Å². The van der Waals surface area contributed by atoms with Crippen molar-refractivity contribution in [3.05, 3.63) is 131 Å². The van der Waals surface area contributed by atoms with Crippen LogP contribution in [0.25, 0.3) is 56.5 Å². The summed E-state index contributed by atoms with van der Waals surface area (Å²) in [5.74, 6) is 1.84. The molecule has 0 fully saturated rings. The van der Waals surface area contributed by atoms with E-state index in [1.807, 2.05) is 105 Å². The van der Waals surface area contributed by atoms with E-state index in [2.05, 4.69) is 45.4 Å². The SMILES string of the molecule is C#C/C(C#N)=C/c1c(-c2ccccc2)n(C)c2ccccc12.CCOC(=O)/C(C#N)=C/c1c(-c2ccccc2)n(C)c2ccccc12. The lowest BCUT2D eigenvalue weighted by Crippen LogP contribution is -2.06. The van der Waals surface area contributed by atoms with Crippen molar-refractivity contribution in [2.75, 3.05) is 6.61 Å². The van der Waals surface area contributed by atoms with Gasteiger partial charge in [-0.15, -0.1) is 6.42 Å². The summed E-state index contributed by atoms with van der Waals surface area (Å²) in [5.41, 5.74) is 8.44. The minimum Gasteiger partial charge on any atom is -0.462 e. The van der Waals surface area contributed by atoms with E-state index in [0.717, 1.165) is 55.4 Å². The Labute approximate surface area is 274 Å². The van der Waals surface area contributed by atoms with Crippen molar-refractivity contribution < 1.29 is 9.53 Å². The van der Waals surface area contributed by atoms with Gasteiger partial charge in [0.25, 0.3) is 0 Å². The molecule has 0 atom stereocenters. The van der Waals surface area contributed by atoms with Crippen molar-refractivity contribution in [2.45, 2.75) is 6.92 Å². The molecule has 0 bridgehead atoms. The number of aryl methyl sites for hydroxylation is 2. The van der Waals surface area contributed by atoms with Crippen LogP contribution < -0.4 is 0 Å². The van der Waals surface area contributed by atoms with Gasteiger partial charge in [0.05, 0.1) is 18.0 Å². The molecule has 228 valence electrons. The Morgan fingerprint density at radius 3 is 1.57 bits per heavy atom. The number of carbonyl (C=O) groups is 1. The highest BCUT2D eigenvalue weighted by molar-refractivity contribution is 6.04. The van der Waals surface area contributed by atoms with Gasteiger partial charge in [-0.05, 0) is 42.3 Å². The van der Waals surface area contributed by atoms with E-state index >= 15 is 0 Å². The lowest BCUT2D eigenvalue weighted by molar-refractivity contribution is -0.137. The van der Waals surface area contributed by atoms with Crippen molar-refractivity contribution >= 4 is 39.9 Å². The summed E-state index contributed by atoms with van der Waals surface area (Å²) in [6.45, 7) is 1.96. The molecule has 0 aliphatic carbocycles. The summed E-state index contributed by atoms with van der Waals surface area (Å²) < 4.78 is 9.22. The van der Waals surface area contributed by atoms with E-state index in [-0.39, 0.29) is 12.2 Å². The van der Waals surface area contributed by atoms with Gasteiger partial charge in [0.15, 0.2) is 0 Å². The summed E-state index contributed by atoms with van der Waals surface area (Å²) in [6, 6.07) is 40.2. The number of hydrogen-bond donors (Lipinski definition) is 0. The number of esters is 1. The first-order valence-corrected chi connectivity index (χ1v) is 15.1. The largest absolute Gasteiger partial charge is 0.462 e. The Morgan fingerprint density at radius 2 is 1.15 bits per heavy atom. The molecule has 6 nitrogen and oxygen atoms in total. The van der Waals surface area contributed by atoms with Gasteiger partial charge in [-0.1, -0.05) is 103 Å². The Bertz CT molecular complexity index is 2250. The van der Waals surface area contributed by atoms with Crippen LogP contribution in [0.4, 0.5) is 0 Å². The van der Waals surface area contributed by atoms with E-state index in [1.54, 1.807) is 19.1 Å². The number of nitrogens with zero attached hydrogens (tertiary/aromatic N) is 4. The molecule has 0 aliphatic heterocycles. The van der Waals surface area contributed by atoms with E-state index in [0.29, 0.717) is 5.57 Å². The monoisotopic (exact) mass is 612 g/mol. The fraction of sp³-hybridized carbons (Fsp3) is 0.0976. The quantitative estimate of drug-likeness (QED) is 0.0815. The maximum atomic E-state index is 12.0. The Hall–Kier alpha value is -6.55. The van der Waals surface area contributed by atoms with Gasteiger partial charge in [-0.25, -0.2) is 4.79 Å². The number of aromatic nitrogens is 2. The number of terminal acetylenes is 1. The molecule has 6 rings (SSSR count). The van der Waals surface area contributed by atoms with Gasteiger partial charge in [0.2, 0.25) is 0 Å². The van der Waals surface area contributed by atoms with Gasteiger partial charge >= 0.3 is 5.97 Å². The molecule has 0 unspecified atom stereocenters. The normalized spacial score (nSPS) is 11.2. The number of hydrogen-bond acceptors (Lipinski definition) is 4. The molecule has 0 spiro atoms. The molecule has 0 saturated heterocycles. The third kappa shape index (κ3) is 6.47. The average Bonchev–Trinajstić information content (AvgIpc) is 3.56. The van der Waals surface area contributed by atoms with Crippen LogP contribution in [0, 0.1) is 35.0 Å². The third-order valence-corrected chi connectivity index (χ3v) is 7.86. The van der Waals surface area contributed by atoms with E-state index < -0.39 is 5.97 Å². The molecule has 0 amide bonds. The molecule has 6 heteroatoms. The molecule has 0 saturated carbocycles. The summed E-state index contributed by atoms with van der Waals surface area (Å²) in [4.78, 5) is 12.0. The number of benzene rings is 4. The van der Waals surface area contributed by atoms with Crippen LogP contribution in [0.1, 0.15) is 18.1 Å². The number of allylic oxidation sites excluding steroid dienone is 1. The number of para-hydroxylation sites is 2. The minimum atomic E-state index is -0.600. The predicted molar refractivity (Wildman–Crippen MR) is 189 cm³/mol. The molecular weight excluding hydrogens is 580 g/mol. The fourth-order valence-electron chi connectivity index (χ4n) is 5.77. The number of rotatable bonds is 6. The number of fused-ring (bicyclic) bond motifs is 2. The maximum Gasteiger partial charge on any atom is 0.348 e. The van der Waals surface area contributed by atoms with Crippen molar-refractivity contribution in [1.29, 1.82) is 10.5 Å². The maximum absolute atomic E-state index is 12.0. The van der Waals surface area contributed by atoms with Crippen LogP contribution in [0.15, 0.2) is 120 Å². The summed E-state index contributed by atoms with van der Waals surface area (Å²) >= 11 is 0. The first-order chi connectivity index (χ1) is 22.9. The predicted octanol–water partition coefficient (Wildman–Crippen LogP) is 8.70.